The summed E-state index contributed by atoms with van der Waals surface area (Å²) in [5.41, 5.74) is 0.770. The van der Waals surface area contributed by atoms with Crippen molar-refractivity contribution >= 4 is 22.2 Å². The number of carbonyl (C=O) groups is 1. The molecule has 7 nitrogen and oxygen atoms in total. The second-order valence-corrected chi connectivity index (χ2v) is 7.10. The fraction of sp³-hybridized carbons (Fsp3) is 0.600. The lowest BCUT2D eigenvalue weighted by Gasteiger charge is -2.28. The van der Waals surface area contributed by atoms with Gasteiger partial charge in [0.1, 0.15) is 0 Å². The van der Waals surface area contributed by atoms with Gasteiger partial charge in [-0.05, 0) is 6.92 Å². The lowest BCUT2D eigenvalue weighted by atomic mass is 9.91. The van der Waals surface area contributed by atoms with Crippen LogP contribution in [0.25, 0.3) is 0 Å². The monoisotopic (exact) mass is 272 g/mol. The van der Waals surface area contributed by atoms with Crippen molar-refractivity contribution in [2.45, 2.75) is 33.1 Å². The van der Waals surface area contributed by atoms with Crippen LogP contribution in [0.15, 0.2) is 0 Å². The van der Waals surface area contributed by atoms with Crippen molar-refractivity contribution < 1.29 is 13.2 Å². The third-order valence-electron chi connectivity index (χ3n) is 2.80. The number of carbonyl (C=O) groups excluding carboxylic acids is 1. The largest absolute Gasteiger partial charge is 0.338 e. The molecule has 18 heavy (non-hydrogen) atoms. The van der Waals surface area contributed by atoms with Crippen molar-refractivity contribution in [3.8, 4) is 0 Å². The number of fused-ring (bicyclic) bond motifs is 1. The molecule has 1 aromatic rings. The van der Waals surface area contributed by atoms with Crippen molar-refractivity contribution in [1.29, 1.82) is 0 Å². The number of hydrogen-bond donors (Lipinski definition) is 1. The molecular formula is C10H16N4O3S. The van der Waals surface area contributed by atoms with Crippen molar-refractivity contribution in [2.75, 3.05) is 12.4 Å². The first-order chi connectivity index (χ1) is 8.06. The molecule has 0 aromatic carbocycles. The van der Waals surface area contributed by atoms with Gasteiger partial charge < -0.3 is 0 Å². The van der Waals surface area contributed by atoms with Gasteiger partial charge in [-0.25, -0.2) is 14.1 Å². The highest BCUT2D eigenvalue weighted by Crippen LogP contribution is 2.32. The molecule has 1 aromatic heterocycles. The second kappa shape index (κ2) is 3.47. The quantitative estimate of drug-likeness (QED) is 0.765. The van der Waals surface area contributed by atoms with Crippen molar-refractivity contribution in [1.82, 2.24) is 13.3 Å². The van der Waals surface area contributed by atoms with Gasteiger partial charge in [0.15, 0.2) is 0 Å². The van der Waals surface area contributed by atoms with Gasteiger partial charge in [-0.3, -0.25) is 5.32 Å². The maximum atomic E-state index is 12.3. The molecule has 2 amide bonds. The van der Waals surface area contributed by atoms with Crippen LogP contribution in [0.5, 0.6) is 0 Å². The summed E-state index contributed by atoms with van der Waals surface area (Å²) < 4.78 is 26.3. The van der Waals surface area contributed by atoms with E-state index in [1.807, 2.05) is 20.8 Å². The molecule has 1 aliphatic rings. The molecule has 0 fully saturated rings. The number of aromatic nitrogens is 2. The molecule has 0 radical (unpaired) electrons. The van der Waals surface area contributed by atoms with Gasteiger partial charge in [0.25, 0.3) is 0 Å². The van der Waals surface area contributed by atoms with Crippen molar-refractivity contribution in [2.24, 2.45) is 0 Å². The van der Waals surface area contributed by atoms with E-state index in [0.717, 1.165) is 3.97 Å². The third kappa shape index (κ3) is 1.59. The number of hydrogen-bond acceptors (Lipinski definition) is 4. The molecule has 1 N–H and O–H groups in total. The van der Waals surface area contributed by atoms with Gasteiger partial charge >= 0.3 is 16.2 Å². The molecule has 2 rings (SSSR count). The minimum absolute atomic E-state index is 0.0560. The van der Waals surface area contributed by atoms with E-state index in [0.29, 0.717) is 15.7 Å². The zero-order chi connectivity index (χ0) is 13.9. The summed E-state index contributed by atoms with van der Waals surface area (Å²) in [4.78, 5) is 15.6. The van der Waals surface area contributed by atoms with Gasteiger partial charge in [-0.2, -0.15) is 12.4 Å². The molecule has 0 unspecified atom stereocenters. The van der Waals surface area contributed by atoms with Crippen LogP contribution in [-0.2, 0) is 15.6 Å². The Kier molecular flexibility index (Phi) is 2.48. The number of aryl methyl sites for hydroxylation is 1. The van der Waals surface area contributed by atoms with Crippen LogP contribution in [0.1, 0.15) is 32.2 Å². The lowest BCUT2D eigenvalue weighted by molar-refractivity contribution is 0.239. The van der Waals surface area contributed by atoms with Crippen LogP contribution in [0, 0.1) is 6.92 Å². The molecule has 8 heteroatoms. The number of nitrogens with zero attached hydrogens (tertiary/aromatic N) is 3. The Bertz CT molecular complexity index is 624. The van der Waals surface area contributed by atoms with Gasteiger partial charge in [0.05, 0.1) is 11.4 Å². The van der Waals surface area contributed by atoms with Crippen LogP contribution >= 0.6 is 0 Å². The first kappa shape index (κ1) is 12.9. The van der Waals surface area contributed by atoms with Crippen molar-refractivity contribution in [3.63, 3.8) is 0 Å². The molecule has 100 valence electrons. The summed E-state index contributed by atoms with van der Waals surface area (Å²) in [6.07, 6.45) is 0. The zero-order valence-corrected chi connectivity index (χ0v) is 11.8. The van der Waals surface area contributed by atoms with E-state index < -0.39 is 21.7 Å². The number of anilines is 1. The fourth-order valence-electron chi connectivity index (χ4n) is 2.06. The highest BCUT2D eigenvalue weighted by Gasteiger charge is 2.39. The number of amides is 2. The van der Waals surface area contributed by atoms with Gasteiger partial charge in [0, 0.05) is 12.5 Å². The number of urea groups is 1. The van der Waals surface area contributed by atoms with Gasteiger partial charge in [-0.1, -0.05) is 20.8 Å². The van der Waals surface area contributed by atoms with Crippen LogP contribution < -0.4 is 5.32 Å². The van der Waals surface area contributed by atoms with Crippen LogP contribution in [0.2, 0.25) is 0 Å². The summed E-state index contributed by atoms with van der Waals surface area (Å²) in [6, 6.07) is -0.701. The molecule has 0 saturated heterocycles. The number of rotatable bonds is 0. The van der Waals surface area contributed by atoms with E-state index >= 15 is 0 Å². The van der Waals surface area contributed by atoms with E-state index in [4.69, 9.17) is 0 Å². The second-order valence-electron chi connectivity index (χ2n) is 5.29. The summed E-state index contributed by atoms with van der Waals surface area (Å²) in [5, 5.41) is 2.46. The van der Waals surface area contributed by atoms with Crippen LogP contribution in [-0.4, -0.2) is 34.8 Å². The predicted octanol–water partition coefficient (Wildman–Crippen LogP) is 1.06. The van der Waals surface area contributed by atoms with Crippen LogP contribution in [0.3, 0.4) is 0 Å². The SMILES string of the molecule is Cc1nc2n(c1C(C)(C)C)S(=O)(=O)N(C)C(=O)N2. The Morgan fingerprint density at radius 3 is 2.33 bits per heavy atom. The average molecular weight is 272 g/mol. The summed E-state index contributed by atoms with van der Waals surface area (Å²) in [6.45, 7) is 7.43. The Labute approximate surface area is 106 Å². The summed E-state index contributed by atoms with van der Waals surface area (Å²) >= 11 is 0. The van der Waals surface area contributed by atoms with E-state index in [9.17, 15) is 13.2 Å². The molecule has 0 bridgehead atoms. The Morgan fingerprint density at radius 1 is 1.28 bits per heavy atom. The summed E-state index contributed by atoms with van der Waals surface area (Å²) in [7, 11) is -2.67. The van der Waals surface area contributed by atoms with E-state index in [-0.39, 0.29) is 5.95 Å². The molecule has 0 aliphatic carbocycles. The fourth-order valence-corrected chi connectivity index (χ4v) is 3.50. The molecule has 1 aliphatic heterocycles. The van der Waals surface area contributed by atoms with E-state index in [1.165, 1.54) is 7.05 Å². The van der Waals surface area contributed by atoms with Crippen molar-refractivity contribution in [3.05, 3.63) is 11.4 Å². The smallest absolute Gasteiger partial charge is 0.276 e. The average Bonchev–Trinajstić information content (AvgIpc) is 2.52. The van der Waals surface area contributed by atoms with E-state index in [1.54, 1.807) is 6.92 Å². The lowest BCUT2D eigenvalue weighted by Crippen LogP contribution is -2.46. The predicted molar refractivity (Wildman–Crippen MR) is 66.8 cm³/mol. The minimum Gasteiger partial charge on any atom is -0.276 e. The minimum atomic E-state index is -3.89. The topological polar surface area (TPSA) is 84.3 Å². The maximum Gasteiger partial charge on any atom is 0.338 e. The Balaban J connectivity index is 2.83. The third-order valence-corrected chi connectivity index (χ3v) is 4.48. The first-order valence-electron chi connectivity index (χ1n) is 5.47. The first-order valence-corrected chi connectivity index (χ1v) is 6.86. The van der Waals surface area contributed by atoms with E-state index in [2.05, 4.69) is 10.3 Å². The highest BCUT2D eigenvalue weighted by atomic mass is 32.2. The highest BCUT2D eigenvalue weighted by molar-refractivity contribution is 7.88. The van der Waals surface area contributed by atoms with Crippen LogP contribution in [0.4, 0.5) is 10.7 Å². The maximum absolute atomic E-state index is 12.3. The molecule has 0 atom stereocenters. The number of nitrogens with one attached hydrogen (secondary N) is 1. The molecule has 0 spiro atoms. The van der Waals surface area contributed by atoms with Gasteiger partial charge in [-0.15, -0.1) is 0 Å². The molecule has 2 heterocycles. The zero-order valence-electron chi connectivity index (χ0n) is 11.0. The Morgan fingerprint density at radius 2 is 1.83 bits per heavy atom. The van der Waals surface area contributed by atoms with Gasteiger partial charge in [0.2, 0.25) is 5.95 Å². The normalized spacial score (nSPS) is 18.5. The standard InChI is InChI=1S/C10H16N4O3S/c1-6-7(10(2,3)4)14-8(11-6)12-9(15)13(5)18(14,16)17/h1-5H3,(H,11,12,15). The number of imidazole rings is 1. The molecule has 0 saturated carbocycles. The molecular weight excluding hydrogens is 256 g/mol. The Hall–Kier alpha value is -1.57. The summed E-state index contributed by atoms with van der Waals surface area (Å²) in [5.74, 6) is 0.0560.